The molecule has 0 atom stereocenters. The zero-order valence-corrected chi connectivity index (χ0v) is 17.2. The summed E-state index contributed by atoms with van der Waals surface area (Å²) in [5.41, 5.74) is 0. The Hall–Kier alpha value is -1.14. The van der Waals surface area contributed by atoms with Gasteiger partial charge in [-0.15, -0.1) is 0 Å². The van der Waals surface area contributed by atoms with Gasteiger partial charge in [0.2, 0.25) is 0 Å². The first kappa shape index (κ1) is 29.6. The van der Waals surface area contributed by atoms with Gasteiger partial charge in [-0.3, -0.25) is 9.59 Å². The van der Waals surface area contributed by atoms with Gasteiger partial charge in [-0.1, -0.05) is 53.4 Å². The molecule has 0 bridgehead atoms. The maximum atomic E-state index is 10.5. The van der Waals surface area contributed by atoms with Gasteiger partial charge in [-0.05, 0) is 38.5 Å². The number of carbonyl (C=O) groups is 2. The third kappa shape index (κ3) is 22.9. The lowest BCUT2D eigenvalue weighted by molar-refractivity contribution is -0.143. The lowest BCUT2D eigenvalue weighted by atomic mass is 9.99. The standard InChI is InChI=1S/2C8H16O2.C4H10O2/c2*1-3-5-7(6-4-2)8(9)10;5-3-1-2-4-6/h2*7H,3-6H2,1-2H3,(H,9,10);5-6H,1-4H2. The normalized spacial score (nSPS) is 10.0. The SMILES string of the molecule is CCCC(CCC)C(=O)O.CCCC(CCC)C(=O)O.OCCCCO. The van der Waals surface area contributed by atoms with Gasteiger partial charge >= 0.3 is 11.9 Å². The highest BCUT2D eigenvalue weighted by molar-refractivity contribution is 5.70. The Morgan fingerprint density at radius 1 is 0.615 bits per heavy atom. The Balaban J connectivity index is -0.000000316. The molecule has 0 aliphatic heterocycles. The van der Waals surface area contributed by atoms with Crippen molar-refractivity contribution in [2.24, 2.45) is 11.8 Å². The molecule has 6 nitrogen and oxygen atoms in total. The van der Waals surface area contributed by atoms with Gasteiger partial charge in [-0.2, -0.15) is 0 Å². The van der Waals surface area contributed by atoms with Gasteiger partial charge in [0.15, 0.2) is 0 Å². The Labute approximate surface area is 159 Å². The van der Waals surface area contributed by atoms with Gasteiger partial charge in [0.05, 0.1) is 11.8 Å². The van der Waals surface area contributed by atoms with E-state index in [0.29, 0.717) is 0 Å². The molecule has 0 aliphatic carbocycles. The van der Waals surface area contributed by atoms with Crippen molar-refractivity contribution >= 4 is 11.9 Å². The molecule has 0 amide bonds. The van der Waals surface area contributed by atoms with Crippen LogP contribution in [-0.4, -0.2) is 45.6 Å². The molecule has 0 aromatic carbocycles. The van der Waals surface area contributed by atoms with Crippen LogP contribution in [0, 0.1) is 11.8 Å². The largest absolute Gasteiger partial charge is 0.481 e. The number of unbranched alkanes of at least 4 members (excludes halogenated alkanes) is 1. The van der Waals surface area contributed by atoms with Crippen molar-refractivity contribution in [1.29, 1.82) is 0 Å². The summed E-state index contributed by atoms with van der Waals surface area (Å²) in [5.74, 6) is -1.47. The molecule has 6 heteroatoms. The van der Waals surface area contributed by atoms with Gasteiger partial charge in [-0.25, -0.2) is 0 Å². The fourth-order valence-electron chi connectivity index (χ4n) is 2.40. The number of carboxylic acids is 2. The van der Waals surface area contributed by atoms with E-state index in [-0.39, 0.29) is 25.0 Å². The minimum atomic E-state index is -0.635. The maximum absolute atomic E-state index is 10.5. The number of aliphatic carboxylic acids is 2. The summed E-state index contributed by atoms with van der Waals surface area (Å²) in [6.45, 7) is 8.47. The quantitative estimate of drug-likeness (QED) is 0.355. The Morgan fingerprint density at radius 3 is 0.962 bits per heavy atom. The van der Waals surface area contributed by atoms with E-state index in [0.717, 1.165) is 64.2 Å². The minimum absolute atomic E-state index is 0.102. The van der Waals surface area contributed by atoms with E-state index in [4.69, 9.17) is 20.4 Å². The molecule has 158 valence electrons. The van der Waals surface area contributed by atoms with Crippen LogP contribution >= 0.6 is 0 Å². The van der Waals surface area contributed by atoms with E-state index >= 15 is 0 Å². The number of hydrogen-bond donors (Lipinski definition) is 4. The Kier molecular flexibility index (Phi) is 27.2. The molecule has 0 rings (SSSR count). The summed E-state index contributed by atoms with van der Waals surface area (Å²) in [7, 11) is 0. The molecule has 0 heterocycles. The first-order chi connectivity index (χ1) is 12.4. The van der Waals surface area contributed by atoms with E-state index in [1.165, 1.54) is 0 Å². The zero-order valence-electron chi connectivity index (χ0n) is 17.2. The van der Waals surface area contributed by atoms with Gasteiger partial charge in [0.25, 0.3) is 0 Å². The van der Waals surface area contributed by atoms with Crippen molar-refractivity contribution < 1.29 is 30.0 Å². The van der Waals surface area contributed by atoms with Crippen LogP contribution in [0.4, 0.5) is 0 Å². The van der Waals surface area contributed by atoms with Crippen LogP contribution < -0.4 is 0 Å². The molecule has 0 saturated carbocycles. The van der Waals surface area contributed by atoms with E-state index in [9.17, 15) is 9.59 Å². The van der Waals surface area contributed by atoms with Crippen LogP contribution in [0.1, 0.15) is 91.9 Å². The van der Waals surface area contributed by atoms with E-state index in [2.05, 4.69) is 0 Å². The molecule has 0 aromatic rings. The highest BCUT2D eigenvalue weighted by atomic mass is 16.4. The number of hydrogen-bond acceptors (Lipinski definition) is 4. The van der Waals surface area contributed by atoms with E-state index in [1.807, 2.05) is 27.7 Å². The smallest absolute Gasteiger partial charge is 0.306 e. The molecule has 0 aromatic heterocycles. The second-order valence-electron chi connectivity index (χ2n) is 6.38. The third-order valence-corrected chi connectivity index (χ3v) is 3.81. The lowest BCUT2D eigenvalue weighted by Gasteiger charge is -2.07. The van der Waals surface area contributed by atoms with Crippen LogP contribution in [0.15, 0.2) is 0 Å². The minimum Gasteiger partial charge on any atom is -0.481 e. The molecule has 0 unspecified atom stereocenters. The monoisotopic (exact) mass is 378 g/mol. The van der Waals surface area contributed by atoms with Gasteiger partial charge in [0, 0.05) is 13.2 Å². The summed E-state index contributed by atoms with van der Waals surface area (Å²) in [5, 5.41) is 33.4. The van der Waals surface area contributed by atoms with Gasteiger partial charge in [0.1, 0.15) is 0 Å². The maximum Gasteiger partial charge on any atom is 0.306 e. The van der Waals surface area contributed by atoms with Crippen molar-refractivity contribution in [2.75, 3.05) is 13.2 Å². The molecule has 0 fully saturated rings. The summed E-state index contributed by atoms with van der Waals surface area (Å²) in [4.78, 5) is 21.0. The number of aliphatic hydroxyl groups is 2. The topological polar surface area (TPSA) is 115 Å². The predicted molar refractivity (Wildman–Crippen MR) is 105 cm³/mol. The number of carboxylic acid groups (broad SMARTS) is 2. The van der Waals surface area contributed by atoms with Crippen LogP contribution in [0.2, 0.25) is 0 Å². The second-order valence-corrected chi connectivity index (χ2v) is 6.38. The molecule has 26 heavy (non-hydrogen) atoms. The van der Waals surface area contributed by atoms with Crippen molar-refractivity contribution in [1.82, 2.24) is 0 Å². The molecular formula is C20H42O6. The van der Waals surface area contributed by atoms with E-state index in [1.54, 1.807) is 0 Å². The van der Waals surface area contributed by atoms with Crippen LogP contribution in [0.25, 0.3) is 0 Å². The van der Waals surface area contributed by atoms with Crippen LogP contribution in [0.3, 0.4) is 0 Å². The fraction of sp³-hybridized carbons (Fsp3) is 0.900. The average molecular weight is 379 g/mol. The summed E-state index contributed by atoms with van der Waals surface area (Å²) in [6.07, 6.45) is 8.60. The molecule has 4 N–H and O–H groups in total. The first-order valence-electron chi connectivity index (χ1n) is 10.0. The fourth-order valence-corrected chi connectivity index (χ4v) is 2.40. The highest BCUT2D eigenvalue weighted by Crippen LogP contribution is 2.13. The van der Waals surface area contributed by atoms with Crippen molar-refractivity contribution in [2.45, 2.75) is 91.9 Å². The Bertz CT molecular complexity index is 265. The molecule has 0 spiro atoms. The number of rotatable bonds is 13. The predicted octanol–water partition coefficient (Wildman–Crippen LogP) is 4.33. The van der Waals surface area contributed by atoms with Crippen molar-refractivity contribution in [3.05, 3.63) is 0 Å². The van der Waals surface area contributed by atoms with Crippen LogP contribution in [-0.2, 0) is 9.59 Å². The lowest BCUT2D eigenvalue weighted by Crippen LogP contribution is -2.12. The van der Waals surface area contributed by atoms with Crippen molar-refractivity contribution in [3.63, 3.8) is 0 Å². The van der Waals surface area contributed by atoms with Gasteiger partial charge < -0.3 is 20.4 Å². The molecule has 0 aliphatic rings. The third-order valence-electron chi connectivity index (χ3n) is 3.81. The highest BCUT2D eigenvalue weighted by Gasteiger charge is 2.14. The molecule has 0 radical (unpaired) electrons. The summed E-state index contributed by atoms with van der Waals surface area (Å²) < 4.78 is 0. The van der Waals surface area contributed by atoms with Crippen LogP contribution in [0.5, 0.6) is 0 Å². The summed E-state index contributed by atoms with van der Waals surface area (Å²) in [6, 6.07) is 0. The average Bonchev–Trinajstić information content (AvgIpc) is 2.60. The Morgan fingerprint density at radius 2 is 0.846 bits per heavy atom. The molecule has 0 saturated heterocycles. The summed E-state index contributed by atoms with van der Waals surface area (Å²) >= 11 is 0. The molecular weight excluding hydrogens is 336 g/mol. The van der Waals surface area contributed by atoms with Crippen molar-refractivity contribution in [3.8, 4) is 0 Å². The first-order valence-corrected chi connectivity index (χ1v) is 10.0. The second kappa shape index (κ2) is 23.9. The zero-order chi connectivity index (χ0) is 20.8. The van der Waals surface area contributed by atoms with E-state index < -0.39 is 11.9 Å². The number of aliphatic hydroxyl groups excluding tert-OH is 2.